The van der Waals surface area contributed by atoms with Gasteiger partial charge in [-0.2, -0.15) is 18.3 Å². The molecule has 6 heteroatoms. The van der Waals surface area contributed by atoms with Gasteiger partial charge < -0.3 is 4.74 Å². The van der Waals surface area contributed by atoms with Gasteiger partial charge in [0, 0.05) is 5.69 Å². The lowest BCUT2D eigenvalue weighted by Gasteiger charge is -2.06. The summed E-state index contributed by atoms with van der Waals surface area (Å²) in [6.07, 6.45) is -4.41. The van der Waals surface area contributed by atoms with Crippen molar-refractivity contribution in [3.05, 3.63) is 47.3 Å². The van der Waals surface area contributed by atoms with Crippen LogP contribution in [0.2, 0.25) is 0 Å². The molecule has 1 aromatic heterocycles. The molecule has 0 aliphatic rings. The van der Waals surface area contributed by atoms with Crippen molar-refractivity contribution in [1.29, 1.82) is 0 Å². The van der Waals surface area contributed by atoms with Gasteiger partial charge in [0.25, 0.3) is 0 Å². The largest absolute Gasteiger partial charge is 0.497 e. The lowest BCUT2D eigenvalue weighted by atomic mass is 10.2. The summed E-state index contributed by atoms with van der Waals surface area (Å²) in [5.74, 6) is 0.705. The van der Waals surface area contributed by atoms with Gasteiger partial charge in [-0.25, -0.2) is 0 Å². The zero-order chi connectivity index (χ0) is 16.0. The Kier molecular flexibility index (Phi) is 5.81. The zero-order valence-electron chi connectivity index (χ0n) is 12.5. The second kappa shape index (κ2) is 7.15. The molecule has 0 N–H and O–H groups in total. The van der Waals surface area contributed by atoms with E-state index in [1.54, 1.807) is 38.3 Å². The smallest absolute Gasteiger partial charge is 0.435 e. The molecule has 0 unspecified atom stereocenters. The Morgan fingerprint density at radius 1 is 1.14 bits per heavy atom. The van der Waals surface area contributed by atoms with Crippen molar-refractivity contribution in [1.82, 2.24) is 9.78 Å². The Morgan fingerprint density at radius 3 is 2.14 bits per heavy atom. The van der Waals surface area contributed by atoms with Crippen LogP contribution in [0.25, 0.3) is 0 Å². The molecule has 21 heavy (non-hydrogen) atoms. The average Bonchev–Trinajstić information content (AvgIpc) is 2.83. The standard InChI is InChI=1S/C13H13F3N2O.C2H6/c1-9-7-12(13(14,15)16)17-18(9)8-10-3-5-11(19-2)6-4-10;1-2/h3-7H,8H2,1-2H3;1-2H3. The van der Waals surface area contributed by atoms with E-state index in [9.17, 15) is 13.2 Å². The maximum absolute atomic E-state index is 12.5. The van der Waals surface area contributed by atoms with Gasteiger partial charge in [-0.15, -0.1) is 0 Å². The van der Waals surface area contributed by atoms with Crippen molar-refractivity contribution in [2.24, 2.45) is 0 Å². The van der Waals surface area contributed by atoms with E-state index in [0.717, 1.165) is 11.6 Å². The molecule has 0 bridgehead atoms. The van der Waals surface area contributed by atoms with Crippen molar-refractivity contribution in [3.8, 4) is 5.75 Å². The molecule has 0 saturated carbocycles. The van der Waals surface area contributed by atoms with Crippen LogP contribution in [0.15, 0.2) is 30.3 Å². The van der Waals surface area contributed by atoms with Crippen LogP contribution < -0.4 is 4.74 Å². The number of methoxy groups -OCH3 is 1. The molecule has 2 rings (SSSR count). The number of hydrogen-bond donors (Lipinski definition) is 0. The van der Waals surface area contributed by atoms with Crippen LogP contribution in [0.4, 0.5) is 13.2 Å². The number of ether oxygens (including phenoxy) is 1. The Balaban J connectivity index is 0.00000106. The van der Waals surface area contributed by atoms with E-state index >= 15 is 0 Å². The van der Waals surface area contributed by atoms with Crippen LogP contribution in [0, 0.1) is 6.92 Å². The molecular weight excluding hydrogens is 281 g/mol. The molecule has 1 aromatic carbocycles. The van der Waals surface area contributed by atoms with Gasteiger partial charge in [-0.3, -0.25) is 4.68 Å². The Labute approximate surface area is 122 Å². The summed E-state index contributed by atoms with van der Waals surface area (Å²) in [5, 5.41) is 3.58. The topological polar surface area (TPSA) is 27.1 Å². The Bertz CT molecular complexity index is 559. The normalized spacial score (nSPS) is 10.8. The zero-order valence-corrected chi connectivity index (χ0v) is 12.5. The predicted molar refractivity (Wildman–Crippen MR) is 75.4 cm³/mol. The van der Waals surface area contributed by atoms with E-state index in [1.165, 1.54) is 4.68 Å². The summed E-state index contributed by atoms with van der Waals surface area (Å²) in [6.45, 7) is 5.90. The molecular formula is C15H19F3N2O. The molecule has 3 nitrogen and oxygen atoms in total. The highest BCUT2D eigenvalue weighted by molar-refractivity contribution is 5.27. The SMILES string of the molecule is CC.COc1ccc(Cn2nc(C(F)(F)F)cc2C)cc1. The molecule has 0 amide bonds. The van der Waals surface area contributed by atoms with Gasteiger partial charge in [0.15, 0.2) is 5.69 Å². The fraction of sp³-hybridized carbons (Fsp3) is 0.400. The van der Waals surface area contributed by atoms with Crippen LogP contribution in [0.3, 0.4) is 0 Å². The van der Waals surface area contributed by atoms with E-state index in [1.807, 2.05) is 13.8 Å². The first-order chi connectivity index (χ1) is 9.90. The third kappa shape index (κ3) is 4.51. The maximum atomic E-state index is 12.5. The van der Waals surface area contributed by atoms with E-state index in [2.05, 4.69) is 5.10 Å². The highest BCUT2D eigenvalue weighted by atomic mass is 19.4. The second-order valence-electron chi connectivity index (χ2n) is 4.17. The second-order valence-corrected chi connectivity index (χ2v) is 4.17. The number of nitrogens with zero attached hydrogens (tertiary/aromatic N) is 2. The minimum absolute atomic E-state index is 0.298. The molecule has 0 fully saturated rings. The first-order valence-electron chi connectivity index (χ1n) is 6.65. The first-order valence-corrected chi connectivity index (χ1v) is 6.65. The number of aromatic nitrogens is 2. The van der Waals surface area contributed by atoms with Crippen molar-refractivity contribution in [2.45, 2.75) is 33.5 Å². The van der Waals surface area contributed by atoms with Crippen molar-refractivity contribution in [3.63, 3.8) is 0 Å². The fourth-order valence-corrected chi connectivity index (χ4v) is 1.71. The van der Waals surface area contributed by atoms with E-state index < -0.39 is 11.9 Å². The molecule has 0 aliphatic heterocycles. The maximum Gasteiger partial charge on any atom is 0.435 e. The van der Waals surface area contributed by atoms with Gasteiger partial charge in [0.05, 0.1) is 13.7 Å². The lowest BCUT2D eigenvalue weighted by molar-refractivity contribution is -0.141. The van der Waals surface area contributed by atoms with Crippen molar-refractivity contribution >= 4 is 0 Å². The van der Waals surface area contributed by atoms with Crippen LogP contribution in [0.5, 0.6) is 5.75 Å². The van der Waals surface area contributed by atoms with Crippen LogP contribution in [-0.2, 0) is 12.7 Å². The lowest BCUT2D eigenvalue weighted by Crippen LogP contribution is -2.09. The molecule has 2 aromatic rings. The summed E-state index contributed by atoms with van der Waals surface area (Å²) in [4.78, 5) is 0. The minimum atomic E-state index is -4.41. The molecule has 0 spiro atoms. The summed E-state index contributed by atoms with van der Waals surface area (Å²) in [7, 11) is 1.56. The summed E-state index contributed by atoms with van der Waals surface area (Å²) in [6, 6.07) is 8.17. The van der Waals surface area contributed by atoms with E-state index in [0.29, 0.717) is 18.0 Å². The third-order valence-electron chi connectivity index (χ3n) is 2.76. The number of halogens is 3. The number of rotatable bonds is 3. The Hall–Kier alpha value is -1.98. The molecule has 0 saturated heterocycles. The van der Waals surface area contributed by atoms with Gasteiger partial charge in [-0.1, -0.05) is 26.0 Å². The molecule has 0 radical (unpaired) electrons. The molecule has 1 heterocycles. The van der Waals surface area contributed by atoms with Gasteiger partial charge in [-0.05, 0) is 30.7 Å². The van der Waals surface area contributed by atoms with Crippen LogP contribution >= 0.6 is 0 Å². The average molecular weight is 300 g/mol. The highest BCUT2D eigenvalue weighted by Crippen LogP contribution is 2.28. The Morgan fingerprint density at radius 2 is 1.71 bits per heavy atom. The fourth-order valence-electron chi connectivity index (χ4n) is 1.71. The summed E-state index contributed by atoms with van der Waals surface area (Å²) >= 11 is 0. The van der Waals surface area contributed by atoms with Gasteiger partial charge in [0.2, 0.25) is 0 Å². The van der Waals surface area contributed by atoms with Gasteiger partial charge >= 0.3 is 6.18 Å². The number of benzene rings is 1. The number of aryl methyl sites for hydroxylation is 1. The predicted octanol–water partition coefficient (Wildman–Crippen LogP) is 4.29. The quantitative estimate of drug-likeness (QED) is 0.845. The summed E-state index contributed by atoms with van der Waals surface area (Å²) in [5.41, 5.74) is 0.474. The van der Waals surface area contributed by atoms with Crippen LogP contribution in [0.1, 0.15) is 30.8 Å². The van der Waals surface area contributed by atoms with Crippen molar-refractivity contribution in [2.75, 3.05) is 7.11 Å². The number of alkyl halides is 3. The van der Waals surface area contributed by atoms with Crippen molar-refractivity contribution < 1.29 is 17.9 Å². The van der Waals surface area contributed by atoms with E-state index in [4.69, 9.17) is 4.74 Å². The van der Waals surface area contributed by atoms with Crippen LogP contribution in [-0.4, -0.2) is 16.9 Å². The third-order valence-corrected chi connectivity index (χ3v) is 2.76. The van der Waals surface area contributed by atoms with Gasteiger partial charge in [0.1, 0.15) is 5.75 Å². The monoisotopic (exact) mass is 300 g/mol. The molecule has 116 valence electrons. The minimum Gasteiger partial charge on any atom is -0.497 e. The number of hydrogen-bond acceptors (Lipinski definition) is 2. The van der Waals surface area contributed by atoms with E-state index in [-0.39, 0.29) is 0 Å². The first kappa shape index (κ1) is 17.1. The highest BCUT2D eigenvalue weighted by Gasteiger charge is 2.34. The summed E-state index contributed by atoms with van der Waals surface area (Å²) < 4.78 is 43.9. The molecule has 0 aliphatic carbocycles. The molecule has 0 atom stereocenters.